The smallest absolute Gasteiger partial charge is 0.157 e. The number of benzene rings is 1. The van der Waals surface area contributed by atoms with Crippen molar-refractivity contribution in [1.82, 2.24) is 14.7 Å². The van der Waals surface area contributed by atoms with E-state index in [2.05, 4.69) is 10.00 Å². The summed E-state index contributed by atoms with van der Waals surface area (Å²) in [6.07, 6.45) is 6.82. The van der Waals surface area contributed by atoms with Crippen LogP contribution in [0.3, 0.4) is 0 Å². The Hall–Kier alpha value is -1.96. The van der Waals surface area contributed by atoms with E-state index < -0.39 is 6.04 Å². The molecule has 0 radical (unpaired) electrons. The molecule has 2 aliphatic rings. The van der Waals surface area contributed by atoms with Crippen LogP contribution in [0.15, 0.2) is 42.1 Å². The lowest BCUT2D eigenvalue weighted by atomic mass is 9.93. The van der Waals surface area contributed by atoms with Gasteiger partial charge in [0.25, 0.3) is 0 Å². The summed E-state index contributed by atoms with van der Waals surface area (Å²) in [5, 5.41) is 4.53. The van der Waals surface area contributed by atoms with Crippen LogP contribution in [0.1, 0.15) is 49.9 Å². The lowest BCUT2D eigenvalue weighted by Gasteiger charge is -2.37. The maximum absolute atomic E-state index is 14.6. The van der Waals surface area contributed by atoms with E-state index in [1.807, 2.05) is 19.1 Å². The van der Waals surface area contributed by atoms with Gasteiger partial charge in [0.1, 0.15) is 5.82 Å². The Bertz CT molecular complexity index is 1000. The molecule has 1 aromatic heterocycles. The summed E-state index contributed by atoms with van der Waals surface area (Å²) < 4.78 is 16.3. The Morgan fingerprint density at radius 3 is 2.69 bits per heavy atom. The molecule has 2 heterocycles. The van der Waals surface area contributed by atoms with Gasteiger partial charge in [0.15, 0.2) is 11.6 Å². The number of carbonyl (C=O) groups excluding carboxylic acids is 2. The van der Waals surface area contributed by atoms with E-state index >= 15 is 0 Å². The number of thiol groups is 1. The number of Topliss-reactive ketones (excluding diaryl/α,β-unsaturated/α-hetero) is 2. The largest absolute Gasteiger partial charge is 0.298 e. The summed E-state index contributed by atoms with van der Waals surface area (Å²) >= 11 is 4.74. The minimum Gasteiger partial charge on any atom is -0.298 e. The lowest BCUT2D eigenvalue weighted by molar-refractivity contribution is -0.126. The summed E-state index contributed by atoms with van der Waals surface area (Å²) in [5.41, 5.74) is 2.26. The number of halogens is 2. The molecule has 1 aliphatic heterocycles. The number of hydrogen-bond acceptors (Lipinski definition) is 5. The van der Waals surface area contributed by atoms with Gasteiger partial charge in [-0.15, -0.1) is 12.4 Å². The van der Waals surface area contributed by atoms with Crippen molar-refractivity contribution < 1.29 is 14.0 Å². The molecule has 1 aromatic carbocycles. The van der Waals surface area contributed by atoms with Crippen LogP contribution in [0.2, 0.25) is 0 Å². The molecule has 0 N–H and O–H groups in total. The van der Waals surface area contributed by atoms with Gasteiger partial charge in [-0.2, -0.15) is 17.7 Å². The zero-order valence-corrected chi connectivity index (χ0v) is 19.8. The van der Waals surface area contributed by atoms with Crippen LogP contribution in [0.25, 0.3) is 6.08 Å². The van der Waals surface area contributed by atoms with Crippen molar-refractivity contribution in [3.8, 4) is 0 Å². The van der Waals surface area contributed by atoms with Gasteiger partial charge in [0.2, 0.25) is 0 Å². The Morgan fingerprint density at radius 1 is 1.25 bits per heavy atom. The first-order valence-electron chi connectivity index (χ1n) is 10.9. The van der Waals surface area contributed by atoms with Gasteiger partial charge in [-0.1, -0.05) is 25.1 Å². The van der Waals surface area contributed by atoms with Crippen LogP contribution in [0.5, 0.6) is 0 Å². The molecular formula is C24H29ClFN3O2S. The van der Waals surface area contributed by atoms with Crippen molar-refractivity contribution >= 4 is 42.7 Å². The quantitative estimate of drug-likeness (QED) is 0.567. The Morgan fingerprint density at radius 2 is 2.00 bits per heavy atom. The van der Waals surface area contributed by atoms with Crippen LogP contribution in [0.4, 0.5) is 4.39 Å². The van der Waals surface area contributed by atoms with E-state index in [0.717, 1.165) is 30.5 Å². The highest BCUT2D eigenvalue weighted by molar-refractivity contribution is 7.81. The number of nitrogens with zero attached hydrogens (tertiary/aromatic N) is 3. The predicted molar refractivity (Wildman–Crippen MR) is 129 cm³/mol. The van der Waals surface area contributed by atoms with Crippen molar-refractivity contribution in [2.24, 2.45) is 5.92 Å². The molecule has 172 valence electrons. The van der Waals surface area contributed by atoms with Gasteiger partial charge in [0, 0.05) is 42.4 Å². The highest BCUT2D eigenvalue weighted by Gasteiger charge is 2.40. The predicted octanol–water partition coefficient (Wildman–Crippen LogP) is 4.53. The van der Waals surface area contributed by atoms with E-state index in [1.165, 1.54) is 6.07 Å². The van der Waals surface area contributed by atoms with Gasteiger partial charge in [0.05, 0.1) is 18.3 Å². The molecule has 4 rings (SSSR count). The Kier molecular flexibility index (Phi) is 8.31. The molecule has 1 saturated carbocycles. The first kappa shape index (κ1) is 24.7. The molecule has 2 fully saturated rings. The fourth-order valence-corrected chi connectivity index (χ4v) is 4.37. The van der Waals surface area contributed by atoms with Gasteiger partial charge < -0.3 is 0 Å². The van der Waals surface area contributed by atoms with Crippen LogP contribution < -0.4 is 0 Å². The van der Waals surface area contributed by atoms with Crippen molar-refractivity contribution in [3.63, 3.8) is 0 Å². The Labute approximate surface area is 199 Å². The minimum absolute atomic E-state index is 0. The third-order valence-electron chi connectivity index (χ3n) is 6.04. The first-order valence-corrected chi connectivity index (χ1v) is 11.4. The number of hydrogen-bond donors (Lipinski definition) is 1. The van der Waals surface area contributed by atoms with Crippen LogP contribution in [0, 0.1) is 11.7 Å². The summed E-state index contributed by atoms with van der Waals surface area (Å²) in [6.45, 7) is 3.32. The number of rotatable bonds is 8. The van der Waals surface area contributed by atoms with Crippen molar-refractivity contribution in [2.45, 2.75) is 50.4 Å². The van der Waals surface area contributed by atoms with Crippen molar-refractivity contribution in [3.05, 3.63) is 59.2 Å². The number of carbonyl (C=O) groups is 2. The van der Waals surface area contributed by atoms with Gasteiger partial charge in [-0.05, 0) is 43.0 Å². The summed E-state index contributed by atoms with van der Waals surface area (Å²) in [6, 6.07) is 7.90. The fraction of sp³-hybridized carbons (Fsp3) is 0.458. The molecular weight excluding hydrogens is 449 g/mol. The van der Waals surface area contributed by atoms with E-state index in [4.69, 9.17) is 12.6 Å². The topological polar surface area (TPSA) is 55.2 Å². The monoisotopic (exact) mass is 477 g/mol. The second kappa shape index (κ2) is 10.8. The first-order chi connectivity index (χ1) is 15.0. The SMILES string of the molecule is CCC(=O)Cn1ccc(C=C2CN(C(C(=O)C3CC3)c3ccccc3F)CCC2S)n1.Cl. The molecule has 0 amide bonds. The molecule has 0 bridgehead atoms. The molecule has 1 aliphatic carbocycles. The number of likely N-dealkylation sites (tertiary alicyclic amines) is 1. The second-order valence-corrected chi connectivity index (χ2v) is 9.05. The summed E-state index contributed by atoms with van der Waals surface area (Å²) in [5.74, 6) is -0.0501. The van der Waals surface area contributed by atoms with Gasteiger partial charge in [-0.3, -0.25) is 19.2 Å². The maximum Gasteiger partial charge on any atom is 0.157 e. The van der Waals surface area contributed by atoms with Gasteiger partial charge >= 0.3 is 0 Å². The maximum atomic E-state index is 14.6. The minimum atomic E-state index is -0.572. The standard InChI is InChI=1S/C24H28FN3O2S.ClH/c1-2-19(29)15-28-12-9-18(26-28)13-17-14-27(11-10-22(17)31)23(24(30)16-7-8-16)20-5-3-4-6-21(20)25;/h3-6,9,12-13,16,22-23,31H,2,7-8,10-11,14-15H2,1H3;1H. The van der Waals surface area contributed by atoms with E-state index in [1.54, 1.807) is 29.1 Å². The lowest BCUT2D eigenvalue weighted by Crippen LogP contribution is -2.42. The highest BCUT2D eigenvalue weighted by Crippen LogP contribution is 2.39. The normalized spacial score (nSPS) is 21.2. The summed E-state index contributed by atoms with van der Waals surface area (Å²) in [7, 11) is 0. The molecule has 0 spiro atoms. The summed E-state index contributed by atoms with van der Waals surface area (Å²) in [4.78, 5) is 26.9. The molecule has 2 atom stereocenters. The molecule has 2 aromatic rings. The average molecular weight is 478 g/mol. The Balaban J connectivity index is 0.00000289. The number of aromatic nitrogens is 2. The van der Waals surface area contributed by atoms with Crippen LogP contribution in [-0.2, 0) is 16.1 Å². The van der Waals surface area contributed by atoms with E-state index in [0.29, 0.717) is 25.1 Å². The number of ketones is 2. The second-order valence-electron chi connectivity index (χ2n) is 8.43. The van der Waals surface area contributed by atoms with Crippen LogP contribution >= 0.6 is 25.0 Å². The van der Waals surface area contributed by atoms with E-state index in [9.17, 15) is 14.0 Å². The molecule has 1 saturated heterocycles. The van der Waals surface area contributed by atoms with Crippen molar-refractivity contribution in [2.75, 3.05) is 13.1 Å². The number of piperidine rings is 1. The van der Waals surface area contributed by atoms with Gasteiger partial charge in [-0.25, -0.2) is 4.39 Å². The molecule has 8 heteroatoms. The zero-order chi connectivity index (χ0) is 22.0. The van der Waals surface area contributed by atoms with E-state index in [-0.39, 0.29) is 47.5 Å². The highest BCUT2D eigenvalue weighted by atomic mass is 35.5. The van der Waals surface area contributed by atoms with Crippen molar-refractivity contribution in [1.29, 1.82) is 0 Å². The van der Waals surface area contributed by atoms with Crippen LogP contribution in [-0.4, -0.2) is 44.6 Å². The zero-order valence-electron chi connectivity index (χ0n) is 18.1. The average Bonchev–Trinajstić information content (AvgIpc) is 3.53. The molecule has 5 nitrogen and oxygen atoms in total. The third-order valence-corrected chi connectivity index (χ3v) is 6.63. The molecule has 2 unspecified atom stereocenters. The fourth-order valence-electron chi connectivity index (χ4n) is 4.10. The third kappa shape index (κ3) is 5.69. The molecule has 32 heavy (non-hydrogen) atoms.